The number of furan rings is 2. The maximum Gasteiger partial charge on any atom is 0.300 e. The molecule has 0 saturated heterocycles. The van der Waals surface area contributed by atoms with E-state index in [0.717, 1.165) is 44.5 Å². The fourth-order valence-corrected chi connectivity index (χ4v) is 7.95. The van der Waals surface area contributed by atoms with Crippen LogP contribution in [0.4, 0.5) is 0 Å². The van der Waals surface area contributed by atoms with Gasteiger partial charge in [-0.2, -0.15) is 4.57 Å². The van der Waals surface area contributed by atoms with Gasteiger partial charge in [0.15, 0.2) is 16.6 Å². The fraction of sp³-hybridized carbons (Fsp3) is 0.200. The van der Waals surface area contributed by atoms with Crippen LogP contribution in [0.3, 0.4) is 0 Å². The minimum Gasteiger partial charge on any atom is -0.456 e. The van der Waals surface area contributed by atoms with Crippen molar-refractivity contribution in [1.82, 2.24) is 9.55 Å². The van der Waals surface area contributed by atoms with E-state index in [2.05, 4.69) is 111 Å². The topological polar surface area (TPSA) is 48.0 Å². The third-order valence-corrected chi connectivity index (χ3v) is 10.3. The normalized spacial score (nSPS) is 13.4. The Labute approximate surface area is 295 Å². The molecule has 0 radical (unpaired) electrons. The minimum absolute atomic E-state index is 0.0218. The molecule has 0 amide bonds. The molecule has 5 nitrogen and oxygen atoms in total. The second kappa shape index (κ2) is 11.2. The van der Waals surface area contributed by atoms with Crippen LogP contribution in [0.5, 0.6) is 0 Å². The van der Waals surface area contributed by atoms with E-state index in [0.29, 0.717) is 33.2 Å². The van der Waals surface area contributed by atoms with Gasteiger partial charge in [0, 0.05) is 37.1 Å². The Kier molecular flexibility index (Phi) is 6.07. The third kappa shape index (κ3) is 4.32. The second-order valence-electron chi connectivity index (χ2n) is 14.0. The van der Waals surface area contributed by atoms with Crippen molar-refractivity contribution in [1.29, 1.82) is 0 Å². The van der Waals surface area contributed by atoms with Gasteiger partial charge in [-0.15, -0.1) is 0 Å². The van der Waals surface area contributed by atoms with E-state index < -0.39 is 6.85 Å². The molecule has 0 aliphatic rings. The number of hydrogen-bond acceptors (Lipinski definition) is 3. The van der Waals surface area contributed by atoms with Crippen molar-refractivity contribution in [3.05, 3.63) is 126 Å². The van der Waals surface area contributed by atoms with Gasteiger partial charge in [-0.3, -0.25) is 4.98 Å². The molecule has 9 rings (SSSR count). The number of aryl methyl sites for hydroxylation is 3. The van der Waals surface area contributed by atoms with Gasteiger partial charge >= 0.3 is 5.82 Å². The van der Waals surface area contributed by atoms with Crippen molar-refractivity contribution < 1.29 is 17.5 Å². The van der Waals surface area contributed by atoms with Crippen LogP contribution in [-0.2, 0) is 7.05 Å². The first-order valence-corrected chi connectivity index (χ1v) is 17.3. The summed E-state index contributed by atoms with van der Waals surface area (Å²) in [7, 11) is 2.07. The Morgan fingerprint density at radius 3 is 2.06 bits per heavy atom. The van der Waals surface area contributed by atoms with Crippen molar-refractivity contribution >= 4 is 54.9 Å². The summed E-state index contributed by atoms with van der Waals surface area (Å²) in [6.07, 6.45) is 0. The molecule has 0 aliphatic carbocycles. The molecular formula is C45H40N3O2+. The molecule has 0 aliphatic heterocycles. The monoisotopic (exact) mass is 657 g/mol. The molecule has 9 aromatic rings. The summed E-state index contributed by atoms with van der Waals surface area (Å²) in [5.74, 6) is 1.25. The first-order chi connectivity index (χ1) is 25.4. The molecule has 0 bridgehead atoms. The van der Waals surface area contributed by atoms with Gasteiger partial charge in [0.2, 0.25) is 0 Å². The summed E-state index contributed by atoms with van der Waals surface area (Å²) in [6, 6.07) is 35.3. The van der Waals surface area contributed by atoms with Gasteiger partial charge in [0.05, 0.1) is 18.1 Å². The number of pyridine rings is 1. The van der Waals surface area contributed by atoms with Crippen molar-refractivity contribution in [2.75, 3.05) is 0 Å². The molecule has 4 heterocycles. The average molecular weight is 658 g/mol. The van der Waals surface area contributed by atoms with Crippen molar-refractivity contribution in [2.24, 2.45) is 7.05 Å². The van der Waals surface area contributed by atoms with Crippen molar-refractivity contribution in [2.45, 2.75) is 53.3 Å². The van der Waals surface area contributed by atoms with Crippen LogP contribution in [0, 0.1) is 13.8 Å². The highest BCUT2D eigenvalue weighted by molar-refractivity contribution is 6.27. The Morgan fingerprint density at radius 2 is 1.34 bits per heavy atom. The Morgan fingerprint density at radius 1 is 0.680 bits per heavy atom. The van der Waals surface area contributed by atoms with E-state index in [1.165, 1.54) is 22.3 Å². The lowest BCUT2D eigenvalue weighted by Gasteiger charge is -2.21. The van der Waals surface area contributed by atoms with Crippen LogP contribution in [0.1, 0.15) is 66.2 Å². The zero-order valence-corrected chi connectivity index (χ0v) is 29.1. The second-order valence-corrected chi connectivity index (χ2v) is 14.0. The predicted molar refractivity (Wildman–Crippen MR) is 205 cm³/mol. The highest BCUT2D eigenvalue weighted by Gasteiger charge is 2.35. The maximum absolute atomic E-state index is 8.72. The predicted octanol–water partition coefficient (Wildman–Crippen LogP) is 11.8. The van der Waals surface area contributed by atoms with E-state index in [9.17, 15) is 0 Å². The molecule has 50 heavy (non-hydrogen) atoms. The standard InChI is InChI=1S/C45H40N3O2/c1-25(2)32-23-30(29-15-9-8-10-16-29)24-33(26(3)4)43(32)48-35-19-13-12-18-34(35)47(7)45(48)40-28(6)46-27(5)39-42-38(50-44(39)40)22-21-37-41(42)31-17-11-14-20-36(31)49-37/h8-26H,1-7H3/q+1/i5D3. The molecule has 5 aromatic carbocycles. The quantitative estimate of drug-likeness (QED) is 0.173. The van der Waals surface area contributed by atoms with Crippen LogP contribution >= 0.6 is 0 Å². The molecule has 0 N–H and O–H groups in total. The Balaban J connectivity index is 1.47. The van der Waals surface area contributed by atoms with Crippen LogP contribution in [0.15, 0.2) is 112 Å². The van der Waals surface area contributed by atoms with Gasteiger partial charge in [0.25, 0.3) is 0 Å². The number of hydrogen-bond donors (Lipinski definition) is 0. The van der Waals surface area contributed by atoms with Gasteiger partial charge in [-0.05, 0) is 79.2 Å². The first kappa shape index (κ1) is 27.2. The highest BCUT2D eigenvalue weighted by Crippen LogP contribution is 2.46. The first-order valence-electron chi connectivity index (χ1n) is 18.8. The molecule has 5 heteroatoms. The zero-order valence-electron chi connectivity index (χ0n) is 32.1. The largest absolute Gasteiger partial charge is 0.456 e. The van der Waals surface area contributed by atoms with E-state index in [-0.39, 0.29) is 17.5 Å². The van der Waals surface area contributed by atoms with Crippen molar-refractivity contribution in [3.63, 3.8) is 0 Å². The van der Waals surface area contributed by atoms with Crippen LogP contribution < -0.4 is 4.57 Å². The van der Waals surface area contributed by atoms with E-state index in [1.807, 2.05) is 43.3 Å². The molecule has 0 spiro atoms. The molecule has 4 aromatic heterocycles. The zero-order chi connectivity index (χ0) is 36.9. The molecule has 246 valence electrons. The minimum atomic E-state index is -2.50. The van der Waals surface area contributed by atoms with Gasteiger partial charge in [-0.1, -0.05) is 88.4 Å². The summed E-state index contributed by atoms with van der Waals surface area (Å²) in [4.78, 5) is 4.98. The SMILES string of the molecule is [2H]C([2H])([2H])c1nc(C)c(-c2n(-c3c(C(C)C)cc(-c4ccccc4)cc3C(C)C)c3ccccc3[n+]2C)c2oc3ccc4oc5ccccc5c4c3c12. The molecular weight excluding hydrogens is 615 g/mol. The molecule has 0 unspecified atom stereocenters. The summed E-state index contributed by atoms with van der Waals surface area (Å²) in [6.45, 7) is 8.39. The van der Waals surface area contributed by atoms with Gasteiger partial charge in [0.1, 0.15) is 28.0 Å². The summed E-state index contributed by atoms with van der Waals surface area (Å²) in [5, 5.41) is 2.91. The van der Waals surface area contributed by atoms with Crippen LogP contribution in [0.25, 0.3) is 83.1 Å². The maximum atomic E-state index is 8.72. The molecule has 0 atom stereocenters. The third-order valence-electron chi connectivity index (χ3n) is 10.3. The smallest absolute Gasteiger partial charge is 0.300 e. The lowest BCUT2D eigenvalue weighted by molar-refractivity contribution is -0.633. The summed E-state index contributed by atoms with van der Waals surface area (Å²) >= 11 is 0. The number of fused-ring (bicyclic) bond motifs is 8. The highest BCUT2D eigenvalue weighted by atomic mass is 16.3. The fourth-order valence-electron chi connectivity index (χ4n) is 7.95. The average Bonchev–Trinajstić information content (AvgIpc) is 3.80. The Bertz CT molecular complexity index is 2880. The number of para-hydroxylation sites is 3. The number of rotatable bonds is 5. The summed E-state index contributed by atoms with van der Waals surface area (Å²) in [5.41, 5.74) is 11.8. The summed E-state index contributed by atoms with van der Waals surface area (Å²) < 4.78 is 43.9. The lowest BCUT2D eigenvalue weighted by Crippen LogP contribution is -2.31. The number of imidazole rings is 1. The Hall–Kier alpha value is -5.68. The molecule has 0 fully saturated rings. The molecule has 0 saturated carbocycles. The van der Waals surface area contributed by atoms with Crippen LogP contribution in [0.2, 0.25) is 0 Å². The number of benzene rings is 5. The lowest BCUT2D eigenvalue weighted by atomic mass is 9.88. The van der Waals surface area contributed by atoms with E-state index >= 15 is 0 Å². The van der Waals surface area contributed by atoms with E-state index in [1.54, 1.807) is 0 Å². The number of nitrogens with zero attached hydrogens (tertiary/aromatic N) is 3. The van der Waals surface area contributed by atoms with Gasteiger partial charge in [-0.25, -0.2) is 4.57 Å². The van der Waals surface area contributed by atoms with Crippen molar-refractivity contribution in [3.8, 4) is 28.2 Å². The number of aromatic nitrogens is 3. The van der Waals surface area contributed by atoms with E-state index in [4.69, 9.17) is 17.9 Å². The van der Waals surface area contributed by atoms with Gasteiger partial charge < -0.3 is 8.83 Å². The van der Waals surface area contributed by atoms with Crippen LogP contribution in [-0.4, -0.2) is 9.55 Å².